The Balaban J connectivity index is 1.48. The SMILES string of the molecule is Cn1nc(-c2ccc(NC(=O)c3ccccc3Cl)cc2)cc1NC(=O)c1ccccc1F. The van der Waals surface area contributed by atoms with E-state index in [4.69, 9.17) is 11.6 Å². The van der Waals surface area contributed by atoms with Gasteiger partial charge in [0.1, 0.15) is 11.6 Å². The van der Waals surface area contributed by atoms with E-state index in [1.54, 1.807) is 67.7 Å². The van der Waals surface area contributed by atoms with Crippen LogP contribution in [-0.2, 0) is 7.05 Å². The van der Waals surface area contributed by atoms with Gasteiger partial charge >= 0.3 is 0 Å². The quantitative estimate of drug-likeness (QED) is 0.430. The average molecular weight is 449 g/mol. The Morgan fingerprint density at radius 2 is 1.50 bits per heavy atom. The number of aryl methyl sites for hydroxylation is 1. The van der Waals surface area contributed by atoms with E-state index in [1.807, 2.05) is 0 Å². The van der Waals surface area contributed by atoms with Crippen molar-refractivity contribution >= 4 is 34.9 Å². The van der Waals surface area contributed by atoms with E-state index < -0.39 is 11.7 Å². The number of hydrogen-bond acceptors (Lipinski definition) is 3. The maximum atomic E-state index is 13.9. The van der Waals surface area contributed by atoms with Gasteiger partial charge in [0.05, 0.1) is 21.8 Å². The molecule has 0 aliphatic rings. The number of aromatic nitrogens is 2. The number of nitrogens with zero attached hydrogens (tertiary/aromatic N) is 2. The summed E-state index contributed by atoms with van der Waals surface area (Å²) in [4.78, 5) is 24.8. The first-order valence-corrected chi connectivity index (χ1v) is 10.1. The van der Waals surface area contributed by atoms with Gasteiger partial charge in [0.2, 0.25) is 0 Å². The number of anilines is 2. The van der Waals surface area contributed by atoms with E-state index in [-0.39, 0.29) is 11.5 Å². The molecule has 2 N–H and O–H groups in total. The van der Waals surface area contributed by atoms with E-state index in [9.17, 15) is 14.0 Å². The zero-order valence-electron chi connectivity index (χ0n) is 17.0. The molecule has 0 radical (unpaired) electrons. The Morgan fingerprint density at radius 1 is 0.875 bits per heavy atom. The Morgan fingerprint density at radius 3 is 2.19 bits per heavy atom. The summed E-state index contributed by atoms with van der Waals surface area (Å²) in [6.07, 6.45) is 0. The van der Waals surface area contributed by atoms with Crippen molar-refractivity contribution in [2.75, 3.05) is 10.6 Å². The van der Waals surface area contributed by atoms with Gasteiger partial charge in [0.25, 0.3) is 11.8 Å². The van der Waals surface area contributed by atoms with Gasteiger partial charge in [-0.1, -0.05) is 48.0 Å². The topological polar surface area (TPSA) is 76.0 Å². The summed E-state index contributed by atoms with van der Waals surface area (Å²) in [7, 11) is 1.68. The van der Waals surface area contributed by atoms with Crippen molar-refractivity contribution in [2.24, 2.45) is 7.05 Å². The summed E-state index contributed by atoms with van der Waals surface area (Å²) in [5.41, 5.74) is 2.33. The predicted octanol–water partition coefficient (Wildman–Crippen LogP) is 5.38. The number of halogens is 2. The maximum absolute atomic E-state index is 13.9. The second-order valence-electron chi connectivity index (χ2n) is 6.98. The maximum Gasteiger partial charge on any atom is 0.259 e. The lowest BCUT2D eigenvalue weighted by Crippen LogP contribution is -2.15. The van der Waals surface area contributed by atoms with E-state index in [2.05, 4.69) is 15.7 Å². The zero-order valence-corrected chi connectivity index (χ0v) is 17.7. The molecular weight excluding hydrogens is 431 g/mol. The molecule has 0 saturated heterocycles. The largest absolute Gasteiger partial charge is 0.322 e. The third-order valence-corrected chi connectivity index (χ3v) is 5.13. The Bertz CT molecular complexity index is 1300. The van der Waals surface area contributed by atoms with E-state index in [0.717, 1.165) is 5.56 Å². The number of carbonyl (C=O) groups is 2. The molecular formula is C24H18ClFN4O2. The second kappa shape index (κ2) is 9.03. The van der Waals surface area contributed by atoms with Crippen molar-refractivity contribution in [1.82, 2.24) is 9.78 Å². The predicted molar refractivity (Wildman–Crippen MR) is 122 cm³/mol. The molecule has 1 aromatic heterocycles. The number of nitrogens with one attached hydrogen (secondary N) is 2. The van der Waals surface area contributed by atoms with Gasteiger partial charge in [-0.3, -0.25) is 14.3 Å². The van der Waals surface area contributed by atoms with Gasteiger partial charge in [-0.2, -0.15) is 5.10 Å². The Labute approximate surface area is 188 Å². The minimum atomic E-state index is -0.596. The van der Waals surface area contributed by atoms with Crippen LogP contribution in [0.2, 0.25) is 5.02 Å². The Hall–Kier alpha value is -3.97. The fraction of sp³-hybridized carbons (Fsp3) is 0.0417. The van der Waals surface area contributed by atoms with E-state index in [0.29, 0.717) is 27.8 Å². The van der Waals surface area contributed by atoms with E-state index in [1.165, 1.54) is 22.9 Å². The molecule has 0 fully saturated rings. The normalized spacial score (nSPS) is 10.6. The monoisotopic (exact) mass is 448 g/mol. The van der Waals surface area contributed by atoms with Crippen molar-refractivity contribution in [3.63, 3.8) is 0 Å². The first-order valence-electron chi connectivity index (χ1n) is 9.68. The van der Waals surface area contributed by atoms with Crippen LogP contribution in [0.1, 0.15) is 20.7 Å². The van der Waals surface area contributed by atoms with Gasteiger partial charge in [0, 0.05) is 24.4 Å². The molecule has 1 heterocycles. The van der Waals surface area contributed by atoms with Crippen LogP contribution >= 0.6 is 11.6 Å². The van der Waals surface area contributed by atoms with Crippen LogP contribution in [0.4, 0.5) is 15.9 Å². The van der Waals surface area contributed by atoms with Crippen LogP contribution in [-0.4, -0.2) is 21.6 Å². The highest BCUT2D eigenvalue weighted by atomic mass is 35.5. The number of carbonyl (C=O) groups excluding carboxylic acids is 2. The number of rotatable bonds is 5. The molecule has 0 saturated carbocycles. The third kappa shape index (κ3) is 4.53. The van der Waals surface area contributed by atoms with Gasteiger partial charge in [-0.25, -0.2) is 4.39 Å². The molecule has 6 nitrogen and oxygen atoms in total. The van der Waals surface area contributed by atoms with Crippen LogP contribution in [0.25, 0.3) is 11.3 Å². The molecule has 160 valence electrons. The molecule has 3 aromatic carbocycles. The summed E-state index contributed by atoms with van der Waals surface area (Å²) in [5.74, 6) is -1.04. The Kier molecular flexibility index (Phi) is 6.00. The van der Waals surface area contributed by atoms with Gasteiger partial charge in [-0.05, 0) is 36.4 Å². The fourth-order valence-electron chi connectivity index (χ4n) is 3.12. The zero-order chi connectivity index (χ0) is 22.7. The van der Waals surface area contributed by atoms with Crippen molar-refractivity contribution in [3.8, 4) is 11.3 Å². The van der Waals surface area contributed by atoms with Crippen LogP contribution in [0.3, 0.4) is 0 Å². The lowest BCUT2D eigenvalue weighted by Gasteiger charge is -2.07. The lowest BCUT2D eigenvalue weighted by atomic mass is 10.1. The highest BCUT2D eigenvalue weighted by Crippen LogP contribution is 2.24. The summed E-state index contributed by atoms with van der Waals surface area (Å²) < 4.78 is 15.4. The molecule has 0 bridgehead atoms. The summed E-state index contributed by atoms with van der Waals surface area (Å²) in [6.45, 7) is 0. The molecule has 0 atom stereocenters. The number of hydrogen-bond donors (Lipinski definition) is 2. The molecule has 32 heavy (non-hydrogen) atoms. The standard InChI is InChI=1S/C24H18ClFN4O2/c1-30-22(28-24(32)18-7-3-5-9-20(18)26)14-21(29-30)15-10-12-16(13-11-15)27-23(31)17-6-2-4-8-19(17)25/h2-14H,1H3,(H,27,31)(H,28,32). The van der Waals surface area contributed by atoms with Gasteiger partial charge < -0.3 is 10.6 Å². The molecule has 4 rings (SSSR count). The minimum absolute atomic E-state index is 0.0473. The van der Waals surface area contributed by atoms with Crippen molar-refractivity contribution in [1.29, 1.82) is 0 Å². The van der Waals surface area contributed by atoms with Gasteiger partial charge in [0.15, 0.2) is 0 Å². The summed E-state index contributed by atoms with van der Waals surface area (Å²) >= 11 is 6.07. The number of benzene rings is 3. The highest BCUT2D eigenvalue weighted by molar-refractivity contribution is 6.34. The van der Waals surface area contributed by atoms with Crippen molar-refractivity contribution in [2.45, 2.75) is 0 Å². The molecule has 2 amide bonds. The first kappa shape index (κ1) is 21.3. The lowest BCUT2D eigenvalue weighted by molar-refractivity contribution is 0.101. The molecule has 0 aliphatic carbocycles. The number of amides is 2. The van der Waals surface area contributed by atoms with Crippen LogP contribution in [0.15, 0.2) is 78.9 Å². The third-order valence-electron chi connectivity index (χ3n) is 4.80. The summed E-state index contributed by atoms with van der Waals surface area (Å²) in [6, 6.07) is 21.4. The van der Waals surface area contributed by atoms with Crippen LogP contribution in [0, 0.1) is 5.82 Å². The van der Waals surface area contributed by atoms with E-state index >= 15 is 0 Å². The molecule has 0 spiro atoms. The smallest absolute Gasteiger partial charge is 0.259 e. The molecule has 0 aliphatic heterocycles. The highest BCUT2D eigenvalue weighted by Gasteiger charge is 2.15. The summed E-state index contributed by atoms with van der Waals surface area (Å²) in [5, 5.41) is 10.3. The fourth-order valence-corrected chi connectivity index (χ4v) is 3.34. The van der Waals surface area contributed by atoms with Crippen LogP contribution < -0.4 is 10.6 Å². The second-order valence-corrected chi connectivity index (χ2v) is 7.39. The molecule has 8 heteroatoms. The average Bonchev–Trinajstić information content (AvgIpc) is 3.15. The minimum Gasteiger partial charge on any atom is -0.322 e. The first-order chi connectivity index (χ1) is 15.4. The van der Waals surface area contributed by atoms with Crippen molar-refractivity contribution < 1.29 is 14.0 Å². The molecule has 0 unspecified atom stereocenters. The van der Waals surface area contributed by atoms with Crippen molar-refractivity contribution in [3.05, 3.63) is 101 Å². The van der Waals surface area contributed by atoms with Gasteiger partial charge in [-0.15, -0.1) is 0 Å². The van der Waals surface area contributed by atoms with Crippen LogP contribution in [0.5, 0.6) is 0 Å². The molecule has 4 aromatic rings.